The highest BCUT2D eigenvalue weighted by Gasteiger charge is 2.35. The SMILES string of the molecule is C[C@@](CCn1cc(F)c(-c2ccc(F)c(F)c2)cc1=O)(CNO)S(C)(=O)=O. The van der Waals surface area contributed by atoms with Crippen LogP contribution in [0.1, 0.15) is 13.3 Å². The molecule has 0 spiro atoms. The fraction of sp³-hybridized carbons (Fsp3) is 0.353. The van der Waals surface area contributed by atoms with E-state index in [1.165, 1.54) is 6.92 Å². The van der Waals surface area contributed by atoms with Gasteiger partial charge in [0.2, 0.25) is 0 Å². The van der Waals surface area contributed by atoms with Crippen molar-refractivity contribution in [2.45, 2.75) is 24.6 Å². The van der Waals surface area contributed by atoms with Gasteiger partial charge in [0.15, 0.2) is 21.5 Å². The van der Waals surface area contributed by atoms with Gasteiger partial charge in [0.25, 0.3) is 5.56 Å². The summed E-state index contributed by atoms with van der Waals surface area (Å²) in [4.78, 5) is 12.3. The molecule has 0 aliphatic rings. The van der Waals surface area contributed by atoms with Gasteiger partial charge in [-0.05, 0) is 31.0 Å². The second kappa shape index (κ2) is 7.83. The lowest BCUT2D eigenvalue weighted by atomic mass is 10.1. The first-order chi connectivity index (χ1) is 12.5. The fourth-order valence-electron chi connectivity index (χ4n) is 2.53. The van der Waals surface area contributed by atoms with E-state index < -0.39 is 37.6 Å². The average Bonchev–Trinajstić information content (AvgIpc) is 2.57. The summed E-state index contributed by atoms with van der Waals surface area (Å²) >= 11 is 0. The molecule has 0 aliphatic heterocycles. The van der Waals surface area contributed by atoms with Crippen LogP contribution in [-0.4, -0.2) is 35.7 Å². The zero-order valence-electron chi connectivity index (χ0n) is 14.7. The molecule has 148 valence electrons. The standard InChI is InChI=1S/C17H19F3N2O4S/c1-17(10-21-24,27(2,25)26)5-6-22-9-15(20)12(8-16(22)23)11-3-4-13(18)14(19)7-11/h3-4,7-9,21,24H,5-6,10H2,1-2H3/t17-/m1/s1. The van der Waals surface area contributed by atoms with Crippen molar-refractivity contribution in [3.05, 3.63) is 58.3 Å². The first-order valence-electron chi connectivity index (χ1n) is 7.90. The van der Waals surface area contributed by atoms with Crippen LogP contribution < -0.4 is 11.0 Å². The zero-order chi connectivity index (χ0) is 20.4. The number of pyridine rings is 1. The number of aromatic nitrogens is 1. The van der Waals surface area contributed by atoms with Crippen molar-refractivity contribution in [3.63, 3.8) is 0 Å². The summed E-state index contributed by atoms with van der Waals surface area (Å²) in [7, 11) is -3.59. The van der Waals surface area contributed by atoms with Crippen LogP contribution in [0.25, 0.3) is 11.1 Å². The molecule has 0 unspecified atom stereocenters. The summed E-state index contributed by atoms with van der Waals surface area (Å²) in [5.41, 5.74) is 0.980. The quantitative estimate of drug-likeness (QED) is 0.690. The third kappa shape index (κ3) is 4.57. The minimum atomic E-state index is -3.59. The Bertz CT molecular complexity index is 1010. The van der Waals surface area contributed by atoms with E-state index in [-0.39, 0.29) is 30.6 Å². The van der Waals surface area contributed by atoms with Gasteiger partial charge in [-0.1, -0.05) is 6.07 Å². The third-order valence-electron chi connectivity index (χ3n) is 4.54. The third-order valence-corrected chi connectivity index (χ3v) is 6.68. The summed E-state index contributed by atoms with van der Waals surface area (Å²) < 4.78 is 64.3. The van der Waals surface area contributed by atoms with E-state index in [1.807, 2.05) is 5.48 Å². The smallest absolute Gasteiger partial charge is 0.251 e. The molecule has 1 atom stereocenters. The largest absolute Gasteiger partial charge is 0.317 e. The number of nitrogens with zero attached hydrogens (tertiary/aromatic N) is 1. The van der Waals surface area contributed by atoms with E-state index in [2.05, 4.69) is 0 Å². The minimum Gasteiger partial charge on any atom is -0.317 e. The molecule has 0 radical (unpaired) electrons. The molecule has 2 rings (SSSR count). The van der Waals surface area contributed by atoms with Crippen LogP contribution in [0.3, 0.4) is 0 Å². The second-order valence-corrected chi connectivity index (χ2v) is 9.03. The van der Waals surface area contributed by atoms with E-state index in [4.69, 9.17) is 5.21 Å². The molecule has 1 heterocycles. The lowest BCUT2D eigenvalue weighted by molar-refractivity contribution is 0.153. The highest BCUT2D eigenvalue weighted by Crippen LogP contribution is 2.24. The Morgan fingerprint density at radius 1 is 1.15 bits per heavy atom. The van der Waals surface area contributed by atoms with Gasteiger partial charge >= 0.3 is 0 Å². The van der Waals surface area contributed by atoms with Crippen molar-refractivity contribution in [1.82, 2.24) is 10.0 Å². The van der Waals surface area contributed by atoms with Gasteiger partial charge in [0.05, 0.1) is 4.75 Å². The van der Waals surface area contributed by atoms with Gasteiger partial charge in [0.1, 0.15) is 5.82 Å². The van der Waals surface area contributed by atoms with Gasteiger partial charge < -0.3 is 9.77 Å². The molecule has 1 aromatic carbocycles. The van der Waals surface area contributed by atoms with Crippen molar-refractivity contribution in [3.8, 4) is 11.1 Å². The van der Waals surface area contributed by atoms with E-state index in [0.29, 0.717) is 0 Å². The molecule has 6 nitrogen and oxygen atoms in total. The molecule has 0 fully saturated rings. The Balaban J connectivity index is 2.34. The number of halogens is 3. The Morgan fingerprint density at radius 2 is 1.81 bits per heavy atom. The monoisotopic (exact) mass is 404 g/mol. The van der Waals surface area contributed by atoms with Crippen LogP contribution in [-0.2, 0) is 16.4 Å². The van der Waals surface area contributed by atoms with Gasteiger partial charge in [0, 0.05) is 37.2 Å². The number of hydrogen-bond acceptors (Lipinski definition) is 5. The van der Waals surface area contributed by atoms with Gasteiger partial charge in [-0.15, -0.1) is 0 Å². The van der Waals surface area contributed by atoms with E-state index in [9.17, 15) is 26.4 Å². The second-order valence-electron chi connectivity index (χ2n) is 6.50. The van der Waals surface area contributed by atoms with Crippen molar-refractivity contribution in [2.75, 3.05) is 12.8 Å². The fourth-order valence-corrected chi connectivity index (χ4v) is 3.32. The predicted octanol–water partition coefficient (Wildman–Crippen LogP) is 2.10. The van der Waals surface area contributed by atoms with E-state index in [1.54, 1.807) is 0 Å². The van der Waals surface area contributed by atoms with Crippen molar-refractivity contribution >= 4 is 9.84 Å². The average molecular weight is 404 g/mol. The van der Waals surface area contributed by atoms with Crippen LogP contribution >= 0.6 is 0 Å². The highest BCUT2D eigenvalue weighted by molar-refractivity contribution is 7.92. The molecule has 2 N–H and O–H groups in total. The number of aryl methyl sites for hydroxylation is 1. The molecule has 27 heavy (non-hydrogen) atoms. The highest BCUT2D eigenvalue weighted by atomic mass is 32.2. The predicted molar refractivity (Wildman–Crippen MR) is 93.7 cm³/mol. The van der Waals surface area contributed by atoms with Crippen molar-refractivity contribution in [2.24, 2.45) is 0 Å². The maximum absolute atomic E-state index is 14.4. The van der Waals surface area contributed by atoms with Crippen LogP contribution in [0.4, 0.5) is 13.2 Å². The first-order valence-corrected chi connectivity index (χ1v) is 9.79. The van der Waals surface area contributed by atoms with Crippen LogP contribution in [0.15, 0.2) is 35.3 Å². The maximum atomic E-state index is 14.4. The number of nitrogens with one attached hydrogen (secondary N) is 1. The summed E-state index contributed by atoms with van der Waals surface area (Å²) in [6, 6.07) is 3.69. The lowest BCUT2D eigenvalue weighted by Crippen LogP contribution is -2.44. The molecular weight excluding hydrogens is 385 g/mol. The number of hydroxylamine groups is 1. The minimum absolute atomic E-state index is 0.00102. The van der Waals surface area contributed by atoms with Crippen molar-refractivity contribution < 1.29 is 26.8 Å². The summed E-state index contributed by atoms with van der Waals surface area (Å²) in [5.74, 6) is -3.11. The van der Waals surface area contributed by atoms with E-state index >= 15 is 0 Å². The molecular formula is C17H19F3N2O4S. The molecule has 0 aliphatic carbocycles. The number of hydrogen-bond donors (Lipinski definition) is 2. The summed E-state index contributed by atoms with van der Waals surface area (Å²) in [6.45, 7) is 0.998. The number of sulfone groups is 1. The van der Waals surface area contributed by atoms with Gasteiger partial charge in [-0.3, -0.25) is 4.79 Å². The Labute approximate surface area is 154 Å². The Morgan fingerprint density at radius 3 is 2.37 bits per heavy atom. The first kappa shape index (κ1) is 21.1. The van der Waals surface area contributed by atoms with Gasteiger partial charge in [-0.2, -0.15) is 0 Å². The molecule has 0 bridgehead atoms. The van der Waals surface area contributed by atoms with Crippen LogP contribution in [0.5, 0.6) is 0 Å². The summed E-state index contributed by atoms with van der Waals surface area (Å²) in [6.07, 6.45) is 1.82. The maximum Gasteiger partial charge on any atom is 0.251 e. The van der Waals surface area contributed by atoms with Crippen LogP contribution in [0, 0.1) is 17.5 Å². The number of rotatable bonds is 7. The molecule has 0 amide bonds. The van der Waals surface area contributed by atoms with E-state index in [0.717, 1.165) is 41.3 Å². The van der Waals surface area contributed by atoms with Crippen molar-refractivity contribution in [1.29, 1.82) is 0 Å². The molecule has 1 aromatic heterocycles. The Kier molecular flexibility index (Phi) is 6.13. The number of benzene rings is 1. The topological polar surface area (TPSA) is 88.4 Å². The molecule has 0 saturated heterocycles. The van der Waals surface area contributed by atoms with Crippen LogP contribution in [0.2, 0.25) is 0 Å². The zero-order valence-corrected chi connectivity index (χ0v) is 15.5. The molecule has 2 aromatic rings. The lowest BCUT2D eigenvalue weighted by Gasteiger charge is -2.27. The molecule has 0 saturated carbocycles. The normalized spacial score (nSPS) is 14.1. The summed E-state index contributed by atoms with van der Waals surface area (Å²) in [5, 5.41) is 8.87. The Hall–Kier alpha value is -2.17. The van der Waals surface area contributed by atoms with Gasteiger partial charge in [-0.25, -0.2) is 27.1 Å². The molecule has 10 heteroatoms.